The third-order valence-corrected chi connectivity index (χ3v) is 4.30. The summed E-state index contributed by atoms with van der Waals surface area (Å²) < 4.78 is 11.7. The fourth-order valence-corrected chi connectivity index (χ4v) is 3.02. The van der Waals surface area contributed by atoms with E-state index in [0.717, 1.165) is 32.1 Å². The van der Waals surface area contributed by atoms with E-state index in [9.17, 15) is 0 Å². The lowest BCUT2D eigenvalue weighted by molar-refractivity contribution is -0.665. The van der Waals surface area contributed by atoms with E-state index in [1.54, 1.807) is 0 Å². The Bertz CT molecular complexity index is 588. The van der Waals surface area contributed by atoms with Crippen molar-refractivity contribution in [1.29, 1.82) is 0 Å². The molecular weight excluding hydrogens is 274 g/mol. The van der Waals surface area contributed by atoms with Crippen LogP contribution in [0.2, 0.25) is 0 Å². The largest absolute Gasteiger partial charge is 0.492 e. The first-order chi connectivity index (χ1) is 10.8. The molecule has 1 heterocycles. The van der Waals surface area contributed by atoms with Crippen LogP contribution in [0.15, 0.2) is 42.5 Å². The molecule has 1 fully saturated rings. The van der Waals surface area contributed by atoms with Gasteiger partial charge in [-0.05, 0) is 24.3 Å². The van der Waals surface area contributed by atoms with E-state index in [1.165, 1.54) is 23.6 Å². The van der Waals surface area contributed by atoms with Gasteiger partial charge in [0.1, 0.15) is 18.4 Å². The highest BCUT2D eigenvalue weighted by Gasteiger charge is 2.17. The van der Waals surface area contributed by atoms with Gasteiger partial charge in [-0.25, -0.2) is 0 Å². The van der Waals surface area contributed by atoms with Crippen LogP contribution in [0.5, 0.6) is 5.75 Å². The Labute approximate surface area is 132 Å². The van der Waals surface area contributed by atoms with E-state index < -0.39 is 0 Å². The Morgan fingerprint density at radius 2 is 2.09 bits per heavy atom. The molecule has 0 spiro atoms. The van der Waals surface area contributed by atoms with Gasteiger partial charge in [0, 0.05) is 17.9 Å². The monoisotopic (exact) mass is 300 g/mol. The van der Waals surface area contributed by atoms with Crippen LogP contribution < -0.4 is 10.1 Å². The normalized spacial score (nSPS) is 19.4. The van der Waals surface area contributed by atoms with Crippen LogP contribution in [0, 0.1) is 5.92 Å². The van der Waals surface area contributed by atoms with Crippen LogP contribution in [0.3, 0.4) is 0 Å². The molecule has 2 aromatic rings. The van der Waals surface area contributed by atoms with Gasteiger partial charge in [0.2, 0.25) is 0 Å². The molecule has 22 heavy (non-hydrogen) atoms. The molecule has 3 heteroatoms. The summed E-state index contributed by atoms with van der Waals surface area (Å²) in [7, 11) is 0. The Kier molecular flexibility index (Phi) is 5.30. The Morgan fingerprint density at radius 1 is 1.23 bits per heavy atom. The molecule has 0 saturated carbocycles. The van der Waals surface area contributed by atoms with Gasteiger partial charge in [-0.2, -0.15) is 0 Å². The molecule has 2 atom stereocenters. The number of quaternary nitrogens is 1. The maximum absolute atomic E-state index is 6.05. The Hall–Kier alpha value is -1.58. The highest BCUT2D eigenvalue weighted by Crippen LogP contribution is 2.25. The first kappa shape index (κ1) is 15.3. The second-order valence-corrected chi connectivity index (χ2v) is 6.29. The van der Waals surface area contributed by atoms with Gasteiger partial charge in [0.15, 0.2) is 0 Å². The highest BCUT2D eigenvalue weighted by molar-refractivity contribution is 5.88. The molecule has 0 aliphatic carbocycles. The molecule has 0 bridgehead atoms. The standard InChI is InChI=1S/C19H25NO2/c1-15(12-20-13-17-8-5-11-21-17)14-22-19-10-4-7-16-6-2-3-9-18(16)19/h2-4,6-7,9-10,15,17,20H,5,8,11-14H2,1H3/p+1/t15-,17-/m1/s1. The topological polar surface area (TPSA) is 35.1 Å². The summed E-state index contributed by atoms with van der Waals surface area (Å²) >= 11 is 0. The van der Waals surface area contributed by atoms with Crippen LogP contribution in [0.25, 0.3) is 10.8 Å². The van der Waals surface area contributed by atoms with Crippen LogP contribution >= 0.6 is 0 Å². The lowest BCUT2D eigenvalue weighted by Gasteiger charge is -2.15. The minimum Gasteiger partial charge on any atom is -0.492 e. The summed E-state index contributed by atoms with van der Waals surface area (Å²) in [6.45, 7) is 6.12. The lowest BCUT2D eigenvalue weighted by Crippen LogP contribution is -2.87. The molecule has 0 radical (unpaired) electrons. The average molecular weight is 300 g/mol. The number of hydrogen-bond donors (Lipinski definition) is 1. The van der Waals surface area contributed by atoms with Gasteiger partial charge >= 0.3 is 0 Å². The van der Waals surface area contributed by atoms with E-state index in [2.05, 4.69) is 54.7 Å². The van der Waals surface area contributed by atoms with Gasteiger partial charge in [-0.3, -0.25) is 0 Å². The fourth-order valence-electron chi connectivity index (χ4n) is 3.02. The molecule has 1 saturated heterocycles. The first-order valence-corrected chi connectivity index (χ1v) is 8.37. The third-order valence-electron chi connectivity index (χ3n) is 4.30. The lowest BCUT2D eigenvalue weighted by atomic mass is 10.1. The smallest absolute Gasteiger partial charge is 0.127 e. The molecule has 2 aromatic carbocycles. The number of fused-ring (bicyclic) bond motifs is 1. The predicted octanol–water partition coefficient (Wildman–Crippen LogP) is 2.60. The van der Waals surface area contributed by atoms with Crippen molar-refractivity contribution in [2.45, 2.75) is 25.9 Å². The van der Waals surface area contributed by atoms with Crippen molar-refractivity contribution < 1.29 is 14.8 Å². The summed E-state index contributed by atoms with van der Waals surface area (Å²) in [6, 6.07) is 14.6. The summed E-state index contributed by atoms with van der Waals surface area (Å²) in [5.41, 5.74) is 0. The zero-order valence-corrected chi connectivity index (χ0v) is 13.3. The van der Waals surface area contributed by atoms with Gasteiger partial charge in [0.25, 0.3) is 0 Å². The number of ether oxygens (including phenoxy) is 2. The van der Waals surface area contributed by atoms with E-state index >= 15 is 0 Å². The summed E-state index contributed by atoms with van der Waals surface area (Å²) in [4.78, 5) is 0. The zero-order chi connectivity index (χ0) is 15.2. The summed E-state index contributed by atoms with van der Waals surface area (Å²) in [5.74, 6) is 1.52. The Balaban J connectivity index is 1.46. The number of rotatable bonds is 7. The summed E-state index contributed by atoms with van der Waals surface area (Å²) in [6.07, 6.45) is 2.90. The van der Waals surface area contributed by atoms with Gasteiger partial charge in [-0.15, -0.1) is 0 Å². The van der Waals surface area contributed by atoms with Crippen LogP contribution in [0.4, 0.5) is 0 Å². The molecule has 0 unspecified atom stereocenters. The number of benzene rings is 2. The molecule has 2 N–H and O–H groups in total. The quantitative estimate of drug-likeness (QED) is 0.853. The predicted molar refractivity (Wildman–Crippen MR) is 89.2 cm³/mol. The van der Waals surface area contributed by atoms with Crippen LogP contribution in [-0.4, -0.2) is 32.4 Å². The zero-order valence-electron chi connectivity index (χ0n) is 13.3. The minimum absolute atomic E-state index is 0.464. The molecule has 1 aliphatic heterocycles. The van der Waals surface area contributed by atoms with Crippen molar-refractivity contribution in [3.63, 3.8) is 0 Å². The van der Waals surface area contributed by atoms with Gasteiger partial charge in [-0.1, -0.05) is 43.3 Å². The van der Waals surface area contributed by atoms with Gasteiger partial charge < -0.3 is 14.8 Å². The minimum atomic E-state index is 0.464. The van der Waals surface area contributed by atoms with Crippen molar-refractivity contribution in [2.24, 2.45) is 5.92 Å². The molecule has 118 valence electrons. The second-order valence-electron chi connectivity index (χ2n) is 6.29. The Morgan fingerprint density at radius 3 is 2.95 bits per heavy atom. The molecule has 0 aromatic heterocycles. The molecule has 1 aliphatic rings. The van der Waals surface area contributed by atoms with E-state index in [1.807, 2.05) is 0 Å². The number of hydrogen-bond acceptors (Lipinski definition) is 2. The average Bonchev–Trinajstić information content (AvgIpc) is 3.06. The molecule has 3 nitrogen and oxygen atoms in total. The molecule has 3 rings (SSSR count). The highest BCUT2D eigenvalue weighted by atomic mass is 16.5. The van der Waals surface area contributed by atoms with Crippen molar-refractivity contribution in [1.82, 2.24) is 0 Å². The first-order valence-electron chi connectivity index (χ1n) is 8.37. The van der Waals surface area contributed by atoms with E-state index in [4.69, 9.17) is 9.47 Å². The fraction of sp³-hybridized carbons (Fsp3) is 0.474. The van der Waals surface area contributed by atoms with Crippen molar-refractivity contribution in [3.8, 4) is 5.75 Å². The van der Waals surface area contributed by atoms with Crippen LogP contribution in [0.1, 0.15) is 19.8 Å². The van der Waals surface area contributed by atoms with E-state index in [0.29, 0.717) is 12.0 Å². The third kappa shape index (κ3) is 3.99. The summed E-state index contributed by atoms with van der Waals surface area (Å²) in [5, 5.41) is 4.80. The van der Waals surface area contributed by atoms with Crippen molar-refractivity contribution >= 4 is 10.8 Å². The molecule has 0 amide bonds. The van der Waals surface area contributed by atoms with Crippen molar-refractivity contribution in [2.75, 3.05) is 26.3 Å². The van der Waals surface area contributed by atoms with Gasteiger partial charge in [0.05, 0.1) is 13.2 Å². The molecular formula is C19H26NO2+. The van der Waals surface area contributed by atoms with Crippen molar-refractivity contribution in [3.05, 3.63) is 42.5 Å². The SMILES string of the molecule is C[C@H](C[NH2+]C[C@H]1CCCO1)COc1cccc2ccccc12. The maximum Gasteiger partial charge on any atom is 0.127 e. The van der Waals surface area contributed by atoms with E-state index in [-0.39, 0.29) is 0 Å². The number of nitrogens with two attached hydrogens (primary N) is 1. The maximum atomic E-state index is 6.05. The van der Waals surface area contributed by atoms with Crippen LogP contribution in [-0.2, 0) is 4.74 Å². The second kappa shape index (κ2) is 7.61.